The third-order valence-electron chi connectivity index (χ3n) is 6.10. The number of nitrogens with one attached hydrogen (secondary N) is 3. The number of amides is 4. The number of fused-ring (bicyclic) bond motifs is 1. The number of nitrogens with two attached hydrogens (primary N) is 1. The highest BCUT2D eigenvalue weighted by molar-refractivity contribution is 8.76. The van der Waals surface area contributed by atoms with Crippen LogP contribution in [-0.4, -0.2) is 93.0 Å². The maximum absolute atomic E-state index is 13.5. The van der Waals surface area contributed by atoms with E-state index in [1.54, 1.807) is 12.1 Å². The van der Waals surface area contributed by atoms with E-state index in [1.165, 1.54) is 34.8 Å². The predicted molar refractivity (Wildman–Crippen MR) is 139 cm³/mol. The molecule has 4 amide bonds. The van der Waals surface area contributed by atoms with Gasteiger partial charge in [-0.25, -0.2) is 4.79 Å². The monoisotopic (exact) mass is 553 g/mol. The van der Waals surface area contributed by atoms with Crippen LogP contribution in [0.3, 0.4) is 0 Å². The summed E-state index contributed by atoms with van der Waals surface area (Å²) >= 11 is 0. The van der Waals surface area contributed by atoms with Crippen molar-refractivity contribution in [3.8, 4) is 5.75 Å². The topological polar surface area (TPSA) is 191 Å². The van der Waals surface area contributed by atoms with E-state index in [0.29, 0.717) is 19.4 Å². The molecule has 2 fully saturated rings. The summed E-state index contributed by atoms with van der Waals surface area (Å²) in [5.74, 6) is -3.18. The number of rotatable bonds is 5. The van der Waals surface area contributed by atoms with E-state index in [0.717, 1.165) is 16.4 Å². The van der Waals surface area contributed by atoms with Gasteiger partial charge in [0.1, 0.15) is 29.9 Å². The van der Waals surface area contributed by atoms with Crippen molar-refractivity contribution < 1.29 is 34.2 Å². The number of benzene rings is 1. The third kappa shape index (κ3) is 7.76. The van der Waals surface area contributed by atoms with Crippen LogP contribution in [0.25, 0.3) is 0 Å². The molecule has 0 aromatic heterocycles. The van der Waals surface area contributed by atoms with Crippen molar-refractivity contribution in [3.63, 3.8) is 0 Å². The van der Waals surface area contributed by atoms with Gasteiger partial charge in [-0.05, 0) is 43.9 Å². The zero-order valence-electron chi connectivity index (χ0n) is 20.2. The van der Waals surface area contributed by atoms with Gasteiger partial charge in [0.05, 0.1) is 6.04 Å². The molecule has 37 heavy (non-hydrogen) atoms. The summed E-state index contributed by atoms with van der Waals surface area (Å²) in [6.07, 6.45) is 1.16. The molecule has 2 aliphatic heterocycles. The molecule has 0 saturated carbocycles. The Bertz CT molecular complexity index is 1030. The summed E-state index contributed by atoms with van der Waals surface area (Å²) in [6.45, 7) is 1.77. The molecule has 1 aromatic rings. The molecule has 1 aromatic carbocycles. The standard InChI is InChI=1S/C23H31N5O7S2/c1-12-19(30)27-17(23(34)35)11-37-36-10-16(22(33)28-8-2-3-18(28)21(32)25-12)26-20(31)15(24)9-13-4-6-14(29)7-5-13/h4-7,12,15-18,29H,2-3,8-11,24H2,1H3,(H,25,32)(H,26,31)(H,27,30)(H,34,35)/t12-,15-,16-,17-,18-/m0/s1. The maximum Gasteiger partial charge on any atom is 0.327 e. The molecule has 2 heterocycles. The molecule has 0 radical (unpaired) electrons. The van der Waals surface area contributed by atoms with Crippen LogP contribution in [0.4, 0.5) is 0 Å². The third-order valence-corrected chi connectivity index (χ3v) is 8.52. The van der Waals surface area contributed by atoms with Gasteiger partial charge in [-0.15, -0.1) is 0 Å². The molecular formula is C23H31N5O7S2. The normalized spacial score (nSPS) is 26.3. The Hall–Kier alpha value is -2.97. The molecule has 5 atom stereocenters. The van der Waals surface area contributed by atoms with E-state index in [1.807, 2.05) is 0 Å². The van der Waals surface area contributed by atoms with Gasteiger partial charge in [0.15, 0.2) is 0 Å². The van der Waals surface area contributed by atoms with Gasteiger partial charge in [0.2, 0.25) is 23.6 Å². The summed E-state index contributed by atoms with van der Waals surface area (Å²) in [7, 11) is 2.33. The van der Waals surface area contributed by atoms with Gasteiger partial charge < -0.3 is 36.8 Å². The van der Waals surface area contributed by atoms with Gasteiger partial charge in [-0.1, -0.05) is 33.7 Å². The first kappa shape index (κ1) is 28.6. The molecule has 0 spiro atoms. The highest BCUT2D eigenvalue weighted by Crippen LogP contribution is 2.26. The fourth-order valence-corrected chi connectivity index (χ4v) is 6.32. The number of carboxylic acid groups (broad SMARTS) is 1. The summed E-state index contributed by atoms with van der Waals surface area (Å²) in [5, 5.41) is 26.6. The fraction of sp³-hybridized carbons (Fsp3) is 0.522. The molecule has 14 heteroatoms. The Kier molecular flexibility index (Phi) is 10.1. The lowest BCUT2D eigenvalue weighted by atomic mass is 10.1. The van der Waals surface area contributed by atoms with E-state index in [-0.39, 0.29) is 23.7 Å². The van der Waals surface area contributed by atoms with E-state index in [4.69, 9.17) is 5.73 Å². The van der Waals surface area contributed by atoms with Crippen molar-refractivity contribution in [2.45, 2.75) is 56.4 Å². The highest BCUT2D eigenvalue weighted by Gasteiger charge is 2.39. The van der Waals surface area contributed by atoms with Crippen molar-refractivity contribution in [3.05, 3.63) is 29.8 Å². The lowest BCUT2D eigenvalue weighted by Crippen LogP contribution is -2.58. The zero-order valence-corrected chi connectivity index (χ0v) is 21.8. The Morgan fingerprint density at radius 2 is 1.81 bits per heavy atom. The van der Waals surface area contributed by atoms with Crippen LogP contribution >= 0.6 is 21.6 Å². The van der Waals surface area contributed by atoms with E-state index in [2.05, 4.69) is 16.0 Å². The molecule has 202 valence electrons. The van der Waals surface area contributed by atoms with Crippen LogP contribution in [0.15, 0.2) is 24.3 Å². The second-order valence-electron chi connectivity index (χ2n) is 8.93. The number of hydrogen-bond acceptors (Lipinski definition) is 9. The number of hydrogen-bond donors (Lipinski definition) is 6. The number of nitrogens with zero attached hydrogens (tertiary/aromatic N) is 1. The Balaban J connectivity index is 1.76. The van der Waals surface area contributed by atoms with Gasteiger partial charge in [0, 0.05) is 18.1 Å². The van der Waals surface area contributed by atoms with Crippen molar-refractivity contribution >= 4 is 51.2 Å². The summed E-state index contributed by atoms with van der Waals surface area (Å²) in [5.41, 5.74) is 6.82. The molecule has 2 saturated heterocycles. The van der Waals surface area contributed by atoms with Crippen LogP contribution in [0.2, 0.25) is 0 Å². The summed E-state index contributed by atoms with van der Waals surface area (Å²) in [4.78, 5) is 64.7. The molecule has 3 rings (SSSR count). The van der Waals surface area contributed by atoms with E-state index in [9.17, 15) is 34.2 Å². The predicted octanol–water partition coefficient (Wildman–Crippen LogP) is -0.793. The Morgan fingerprint density at radius 1 is 1.14 bits per heavy atom. The van der Waals surface area contributed by atoms with E-state index < -0.39 is 59.8 Å². The second kappa shape index (κ2) is 13.0. The number of carboxylic acids is 1. The van der Waals surface area contributed by atoms with Crippen LogP contribution in [-0.2, 0) is 30.4 Å². The minimum absolute atomic E-state index is 0.00791. The average Bonchev–Trinajstić information content (AvgIpc) is 3.35. The van der Waals surface area contributed by atoms with Gasteiger partial charge in [0.25, 0.3) is 0 Å². The quantitative estimate of drug-likeness (QED) is 0.252. The number of aromatic hydroxyl groups is 1. The van der Waals surface area contributed by atoms with Crippen LogP contribution < -0.4 is 21.7 Å². The molecule has 0 unspecified atom stereocenters. The molecule has 0 bridgehead atoms. The van der Waals surface area contributed by atoms with Crippen molar-refractivity contribution in [1.29, 1.82) is 0 Å². The zero-order chi connectivity index (χ0) is 27.1. The number of carbonyl (C=O) groups is 5. The lowest BCUT2D eigenvalue weighted by Gasteiger charge is -2.30. The highest BCUT2D eigenvalue weighted by atomic mass is 33.1. The minimum atomic E-state index is -1.23. The molecule has 12 nitrogen and oxygen atoms in total. The largest absolute Gasteiger partial charge is 0.508 e. The fourth-order valence-electron chi connectivity index (χ4n) is 4.01. The van der Waals surface area contributed by atoms with Crippen LogP contribution in [0.5, 0.6) is 5.75 Å². The first-order chi connectivity index (χ1) is 17.6. The van der Waals surface area contributed by atoms with Crippen LogP contribution in [0.1, 0.15) is 25.3 Å². The molecular weight excluding hydrogens is 522 g/mol. The number of aliphatic carboxylic acids is 1. The minimum Gasteiger partial charge on any atom is -0.508 e. The Morgan fingerprint density at radius 3 is 2.49 bits per heavy atom. The number of carbonyl (C=O) groups excluding carboxylic acids is 4. The summed E-state index contributed by atoms with van der Waals surface area (Å²) < 4.78 is 0. The average molecular weight is 554 g/mol. The summed E-state index contributed by atoms with van der Waals surface area (Å²) in [6, 6.07) is 1.29. The van der Waals surface area contributed by atoms with Crippen molar-refractivity contribution in [2.75, 3.05) is 18.1 Å². The second-order valence-corrected chi connectivity index (χ2v) is 11.5. The maximum atomic E-state index is 13.5. The smallest absolute Gasteiger partial charge is 0.327 e. The first-order valence-electron chi connectivity index (χ1n) is 11.8. The molecule has 0 aliphatic carbocycles. The van der Waals surface area contributed by atoms with Crippen LogP contribution in [0, 0.1) is 0 Å². The first-order valence-corrected chi connectivity index (χ1v) is 14.3. The van der Waals surface area contributed by atoms with Crippen molar-refractivity contribution in [1.82, 2.24) is 20.9 Å². The van der Waals surface area contributed by atoms with Gasteiger partial charge >= 0.3 is 5.97 Å². The SMILES string of the molecule is C[C@@H]1NC(=O)[C@@H]2CCCN2C(=O)[C@@H](NC(=O)[C@@H](N)Cc2ccc(O)cc2)CSSC[C@@H](C(=O)O)NC1=O. The van der Waals surface area contributed by atoms with Gasteiger partial charge in [-0.2, -0.15) is 0 Å². The van der Waals surface area contributed by atoms with E-state index >= 15 is 0 Å². The van der Waals surface area contributed by atoms with Crippen molar-refractivity contribution in [2.24, 2.45) is 5.73 Å². The number of phenolic OH excluding ortho intramolecular Hbond substituents is 1. The molecule has 7 N–H and O–H groups in total. The van der Waals surface area contributed by atoms with Gasteiger partial charge in [-0.3, -0.25) is 19.2 Å². The Labute approximate surface area is 221 Å². The lowest BCUT2D eigenvalue weighted by molar-refractivity contribution is -0.142. The number of phenols is 1. The molecule has 2 aliphatic rings.